The lowest BCUT2D eigenvalue weighted by Crippen LogP contribution is -2.52. The molecule has 0 aliphatic rings. The molecule has 0 bridgehead atoms. The molecular formula is C31H57N3O11S. The Morgan fingerprint density at radius 1 is 0.652 bits per heavy atom. The van der Waals surface area contributed by atoms with E-state index in [2.05, 4.69) is 36.7 Å². The average molecular weight is 680 g/mol. The average Bonchev–Trinajstić information content (AvgIpc) is 2.94. The van der Waals surface area contributed by atoms with E-state index < -0.39 is 35.8 Å². The maximum atomic E-state index is 12.8. The molecule has 0 saturated carbocycles. The van der Waals surface area contributed by atoms with Gasteiger partial charge in [0, 0.05) is 31.6 Å². The molecule has 0 unspecified atom stereocenters. The first-order chi connectivity index (χ1) is 21.5. The maximum absolute atomic E-state index is 12.8. The summed E-state index contributed by atoms with van der Waals surface area (Å²) in [6, 6.07) is -2.38. The summed E-state index contributed by atoms with van der Waals surface area (Å²) in [6.45, 7) is 15.3. The van der Waals surface area contributed by atoms with Gasteiger partial charge in [-0.15, -0.1) is 0 Å². The molecule has 5 N–H and O–H groups in total. The van der Waals surface area contributed by atoms with Gasteiger partial charge in [0.15, 0.2) is 0 Å². The Bertz CT molecular complexity index is 907. The molecule has 2 atom stereocenters. The van der Waals surface area contributed by atoms with Gasteiger partial charge >= 0.3 is 11.9 Å². The van der Waals surface area contributed by atoms with Crippen LogP contribution in [-0.4, -0.2) is 123 Å². The highest BCUT2D eigenvalue weighted by Gasteiger charge is 2.27. The zero-order valence-corrected chi connectivity index (χ0v) is 29.3. The van der Waals surface area contributed by atoms with Crippen LogP contribution in [0.5, 0.6) is 0 Å². The van der Waals surface area contributed by atoms with Crippen molar-refractivity contribution in [3.05, 3.63) is 0 Å². The number of hydrogen-bond acceptors (Lipinski definition) is 10. The van der Waals surface area contributed by atoms with Gasteiger partial charge in [0.25, 0.3) is 0 Å². The molecule has 0 aliphatic heterocycles. The molecule has 0 aromatic rings. The van der Waals surface area contributed by atoms with Crippen molar-refractivity contribution < 1.29 is 53.1 Å². The lowest BCUT2D eigenvalue weighted by molar-refractivity contribution is -0.142. The fraction of sp³-hybridized carbons (Fsp3) is 0.839. The van der Waals surface area contributed by atoms with Crippen LogP contribution in [0.2, 0.25) is 0 Å². The van der Waals surface area contributed by atoms with Gasteiger partial charge in [0.2, 0.25) is 17.7 Å². The van der Waals surface area contributed by atoms with Crippen LogP contribution in [-0.2, 0) is 42.9 Å². The van der Waals surface area contributed by atoms with Gasteiger partial charge < -0.3 is 45.1 Å². The summed E-state index contributed by atoms with van der Waals surface area (Å²) in [5.74, 6) is -2.80. The number of hydrogen-bond donors (Lipinski definition) is 5. The molecule has 0 aromatic carbocycles. The maximum Gasteiger partial charge on any atom is 0.327 e. The van der Waals surface area contributed by atoms with Crippen molar-refractivity contribution in [1.29, 1.82) is 0 Å². The summed E-state index contributed by atoms with van der Waals surface area (Å²) in [4.78, 5) is 59.6. The number of carboxylic acid groups (broad SMARTS) is 2. The first-order valence-electron chi connectivity index (χ1n) is 15.7. The number of carboxylic acids is 2. The summed E-state index contributed by atoms with van der Waals surface area (Å²) in [7, 11) is 0. The van der Waals surface area contributed by atoms with Crippen LogP contribution < -0.4 is 16.0 Å². The van der Waals surface area contributed by atoms with Gasteiger partial charge in [-0.2, -0.15) is 11.8 Å². The molecule has 0 rings (SSSR count). The monoisotopic (exact) mass is 679 g/mol. The fourth-order valence-electron chi connectivity index (χ4n) is 3.50. The third-order valence-corrected chi connectivity index (χ3v) is 7.63. The van der Waals surface area contributed by atoms with E-state index in [-0.39, 0.29) is 61.6 Å². The van der Waals surface area contributed by atoms with Crippen molar-refractivity contribution in [2.75, 3.05) is 70.9 Å². The lowest BCUT2D eigenvalue weighted by atomic mass is 9.90. The molecule has 0 fully saturated rings. The zero-order chi connectivity index (χ0) is 35.0. The summed E-state index contributed by atoms with van der Waals surface area (Å²) in [6.07, 6.45) is 0.684. The number of nitrogens with one attached hydrogen (secondary N) is 3. The summed E-state index contributed by atoms with van der Waals surface area (Å²) >= 11 is 1.39. The van der Waals surface area contributed by atoms with Gasteiger partial charge in [-0.1, -0.05) is 41.5 Å². The number of carbonyl (C=O) groups excluding carboxylic acids is 3. The fourth-order valence-corrected chi connectivity index (χ4v) is 4.69. The van der Waals surface area contributed by atoms with Crippen molar-refractivity contribution >= 4 is 41.4 Å². The van der Waals surface area contributed by atoms with E-state index in [1.807, 2.05) is 20.8 Å². The van der Waals surface area contributed by atoms with Gasteiger partial charge in [0.1, 0.15) is 12.1 Å². The van der Waals surface area contributed by atoms with Gasteiger partial charge in [-0.25, -0.2) is 4.79 Å². The molecule has 15 heteroatoms. The summed E-state index contributed by atoms with van der Waals surface area (Å²) < 4.78 is 21.7. The molecule has 0 heterocycles. The SMILES string of the molecule is CC(C)(C)CCC(=O)NCCOCCOCCOCCOCCC(=O)N[C@@H](CCC(=O)O)C(=O)N[C@@H](CSCC(C)(C)C)C(=O)O. The number of amides is 3. The highest BCUT2D eigenvalue weighted by Crippen LogP contribution is 2.21. The topological polar surface area (TPSA) is 199 Å². The molecule has 0 aromatic heterocycles. The number of rotatable bonds is 27. The van der Waals surface area contributed by atoms with Crippen LogP contribution in [0.4, 0.5) is 0 Å². The minimum Gasteiger partial charge on any atom is -0.481 e. The number of ether oxygens (including phenoxy) is 4. The van der Waals surface area contributed by atoms with Gasteiger partial charge in [-0.3, -0.25) is 19.2 Å². The predicted octanol–water partition coefficient (Wildman–Crippen LogP) is 2.08. The van der Waals surface area contributed by atoms with E-state index in [1.165, 1.54) is 11.8 Å². The Balaban J connectivity index is 4.08. The van der Waals surface area contributed by atoms with Crippen LogP contribution in [0.25, 0.3) is 0 Å². The third kappa shape index (κ3) is 27.8. The Labute approximate surface area is 277 Å². The lowest BCUT2D eigenvalue weighted by Gasteiger charge is -2.22. The van der Waals surface area contributed by atoms with Crippen LogP contribution in [0.3, 0.4) is 0 Å². The minimum atomic E-state index is -1.21. The second kappa shape index (κ2) is 24.7. The van der Waals surface area contributed by atoms with Gasteiger partial charge in [0.05, 0.1) is 52.9 Å². The second-order valence-electron chi connectivity index (χ2n) is 13.1. The smallest absolute Gasteiger partial charge is 0.327 e. The third-order valence-electron chi connectivity index (χ3n) is 5.99. The molecule has 0 spiro atoms. The van der Waals surface area contributed by atoms with Crippen molar-refractivity contribution in [1.82, 2.24) is 16.0 Å². The van der Waals surface area contributed by atoms with Crippen LogP contribution >= 0.6 is 11.8 Å². The van der Waals surface area contributed by atoms with Crippen molar-refractivity contribution in [2.24, 2.45) is 10.8 Å². The molecule has 0 aliphatic carbocycles. The number of carbonyl (C=O) groups is 5. The second-order valence-corrected chi connectivity index (χ2v) is 14.2. The molecule has 0 saturated heterocycles. The minimum absolute atomic E-state index is 0.0228. The van der Waals surface area contributed by atoms with Crippen LogP contribution in [0.1, 0.15) is 73.6 Å². The van der Waals surface area contributed by atoms with Crippen molar-refractivity contribution in [3.8, 4) is 0 Å². The molecule has 268 valence electrons. The van der Waals surface area contributed by atoms with Crippen molar-refractivity contribution in [2.45, 2.75) is 85.7 Å². The quantitative estimate of drug-likeness (QED) is 0.0794. The Hall–Kier alpha value is -2.46. The predicted molar refractivity (Wildman–Crippen MR) is 175 cm³/mol. The molecule has 46 heavy (non-hydrogen) atoms. The molecule has 14 nitrogen and oxygen atoms in total. The Morgan fingerprint density at radius 2 is 1.20 bits per heavy atom. The normalized spacial score (nSPS) is 13.1. The molecular weight excluding hydrogens is 622 g/mol. The summed E-state index contributed by atoms with van der Waals surface area (Å²) in [5, 5.41) is 26.3. The Kier molecular flexibility index (Phi) is 23.4. The van der Waals surface area contributed by atoms with E-state index in [0.717, 1.165) is 6.42 Å². The van der Waals surface area contributed by atoms with E-state index in [9.17, 15) is 29.1 Å². The van der Waals surface area contributed by atoms with E-state index in [4.69, 9.17) is 24.1 Å². The molecule has 0 radical (unpaired) electrons. The van der Waals surface area contributed by atoms with Gasteiger partial charge in [-0.05, 0) is 29.4 Å². The van der Waals surface area contributed by atoms with E-state index in [0.29, 0.717) is 51.8 Å². The highest BCUT2D eigenvalue weighted by molar-refractivity contribution is 7.99. The standard InChI is InChI=1S/C31H57N3O11S/c1-30(2,3)11-9-25(35)32-12-14-43-16-18-45-20-19-44-17-15-42-13-10-26(36)33-23(7-8-27(37)38)28(39)34-24(29(40)41)21-46-22-31(4,5)6/h23-24H,7-22H2,1-6H3,(H,32,35)(H,33,36)(H,34,39)(H,37,38)(H,40,41)/t23-,24-/m0/s1. The number of thioether (sulfide) groups is 1. The first kappa shape index (κ1) is 43.5. The highest BCUT2D eigenvalue weighted by atomic mass is 32.2. The van der Waals surface area contributed by atoms with E-state index in [1.54, 1.807) is 0 Å². The Morgan fingerprint density at radius 3 is 1.70 bits per heavy atom. The van der Waals surface area contributed by atoms with Crippen LogP contribution in [0.15, 0.2) is 0 Å². The first-order valence-corrected chi connectivity index (χ1v) is 16.9. The van der Waals surface area contributed by atoms with Crippen molar-refractivity contribution in [3.63, 3.8) is 0 Å². The number of aliphatic carboxylic acids is 2. The summed E-state index contributed by atoms with van der Waals surface area (Å²) in [5.41, 5.74) is 0.103. The van der Waals surface area contributed by atoms with E-state index >= 15 is 0 Å². The molecule has 3 amide bonds. The van der Waals surface area contributed by atoms with Crippen LogP contribution in [0, 0.1) is 10.8 Å². The largest absolute Gasteiger partial charge is 0.481 e. The zero-order valence-electron chi connectivity index (χ0n) is 28.4.